The molecule has 1 nitrogen and oxygen atoms in total. The first-order valence-corrected chi connectivity index (χ1v) is 23.4. The summed E-state index contributed by atoms with van der Waals surface area (Å²) < 4.78 is 5.39. The minimum Gasteiger partial charge on any atom is -0.497 e. The fourth-order valence-corrected chi connectivity index (χ4v) is 106. The van der Waals surface area contributed by atoms with Gasteiger partial charge in [-0.15, -0.1) is 0 Å². The van der Waals surface area contributed by atoms with Crippen molar-refractivity contribution < 1.29 is 4.74 Å². The van der Waals surface area contributed by atoms with Crippen LogP contribution in [-0.4, -0.2) is 36.5 Å². The number of benzene rings is 1. The Morgan fingerprint density at radius 1 is 0.619 bits per heavy atom. The summed E-state index contributed by atoms with van der Waals surface area (Å²) in [6, 6.07) is 9.22. The van der Waals surface area contributed by atoms with Crippen LogP contribution in [0.3, 0.4) is 0 Å². The Morgan fingerprint density at radius 3 is 1.19 bits per heavy atom. The molecule has 1 rings (SSSR count). The second-order valence-electron chi connectivity index (χ2n) is 9.23. The van der Waals surface area contributed by atoms with Gasteiger partial charge in [0.1, 0.15) is 5.75 Å². The molecule has 0 atom stereocenters. The average Bonchev–Trinajstić information content (AvgIpc) is 2.24. The van der Waals surface area contributed by atoms with E-state index >= 15 is 0 Å². The largest absolute Gasteiger partial charge is 0.497 e. The average molecular weight is 355 g/mol. The Morgan fingerprint density at radius 2 is 0.952 bits per heavy atom. The summed E-state index contributed by atoms with van der Waals surface area (Å²) in [6.07, 6.45) is 0. The van der Waals surface area contributed by atoms with Gasteiger partial charge in [0.25, 0.3) is 0 Å². The quantitative estimate of drug-likeness (QED) is 0.702. The van der Waals surface area contributed by atoms with E-state index in [1.807, 2.05) is 0 Å². The molecule has 0 fully saturated rings. The number of hydrogen-bond acceptors (Lipinski definition) is 1. The molecule has 120 valence electrons. The lowest BCUT2D eigenvalue weighted by atomic mass is 10.3. The number of ether oxygens (including phenoxy) is 1. The Hall–Kier alpha value is -0.112. The highest BCUT2D eigenvalue weighted by atomic mass is 29.9. The third-order valence-corrected chi connectivity index (χ3v) is 76.2. The fourth-order valence-electron chi connectivity index (χ4n) is 5.52. The van der Waals surface area contributed by atoms with Gasteiger partial charge >= 0.3 is 0 Å². The second-order valence-corrected chi connectivity index (χ2v) is 49.6. The molecule has 0 aliphatic heterocycles. The third kappa shape index (κ3) is 3.16. The molecule has 0 aromatic heterocycles. The lowest BCUT2D eigenvalue weighted by Gasteiger charge is -2.57. The van der Waals surface area contributed by atoms with Crippen LogP contribution < -0.4 is 9.92 Å². The van der Waals surface area contributed by atoms with Gasteiger partial charge in [-0.05, 0) is 12.1 Å². The molecule has 1 aromatic carbocycles. The monoisotopic (exact) mass is 354 g/mol. The van der Waals surface area contributed by atoms with Crippen LogP contribution in [0.1, 0.15) is 0 Å². The van der Waals surface area contributed by atoms with Crippen molar-refractivity contribution in [2.75, 3.05) is 7.11 Å². The molecule has 0 N–H and O–H groups in total. The first-order chi connectivity index (χ1) is 9.29. The zero-order valence-electron chi connectivity index (χ0n) is 15.7. The molecule has 0 heterocycles. The number of rotatable bonds is 5. The summed E-state index contributed by atoms with van der Waals surface area (Å²) >= 11 is 0. The van der Waals surface area contributed by atoms with E-state index in [1.54, 1.807) is 12.3 Å². The van der Waals surface area contributed by atoms with Gasteiger partial charge in [0.05, 0.1) is 13.7 Å². The van der Waals surface area contributed by atoms with Crippen molar-refractivity contribution in [1.82, 2.24) is 0 Å². The zero-order chi connectivity index (χ0) is 16.7. The van der Waals surface area contributed by atoms with Crippen molar-refractivity contribution in [2.45, 2.75) is 58.9 Å². The lowest BCUT2D eigenvalue weighted by molar-refractivity contribution is 0.415. The molecule has 0 saturated carbocycles. The maximum Gasteiger partial charge on any atom is 0.118 e. The van der Waals surface area contributed by atoms with Gasteiger partial charge in [-0.2, -0.15) is 0 Å². The second kappa shape index (κ2) is 5.83. The first-order valence-electron chi connectivity index (χ1n) is 7.93. The minimum absolute atomic E-state index is 0.989. The van der Waals surface area contributed by atoms with Crippen molar-refractivity contribution in [1.29, 1.82) is 0 Å². The van der Waals surface area contributed by atoms with Crippen molar-refractivity contribution >= 4 is 34.6 Å². The van der Waals surface area contributed by atoms with Gasteiger partial charge in [-0.1, -0.05) is 76.2 Å². The minimum atomic E-state index is -1.45. The van der Waals surface area contributed by atoms with E-state index in [-0.39, 0.29) is 0 Å². The normalized spacial score (nSPS) is 14.2. The molecule has 0 amide bonds. The molecule has 21 heavy (non-hydrogen) atoms. The van der Waals surface area contributed by atoms with E-state index in [2.05, 4.69) is 83.2 Å². The molecule has 0 unspecified atom stereocenters. The van der Waals surface area contributed by atoms with E-state index in [0.29, 0.717) is 0 Å². The van der Waals surface area contributed by atoms with E-state index in [9.17, 15) is 0 Å². The smallest absolute Gasteiger partial charge is 0.118 e. The molecular weight excluding hydrogens is 321 g/mol. The summed E-state index contributed by atoms with van der Waals surface area (Å²) in [5, 5.41) is 1.72. The van der Waals surface area contributed by atoms with E-state index < -0.39 is 29.4 Å². The molecule has 5 heteroatoms. The summed E-state index contributed by atoms with van der Waals surface area (Å²) in [6.45, 7) is 22.3. The molecule has 0 spiro atoms. The highest BCUT2D eigenvalue weighted by Gasteiger charge is 2.62. The molecule has 0 bridgehead atoms. The Kier molecular flexibility index (Phi) is 5.26. The van der Waals surface area contributed by atoms with Crippen molar-refractivity contribution in [3.8, 4) is 5.75 Å². The standard InChI is InChI=1S/C16H34OSi4/c1-17-15-11-13-16(14-12-15)21(18(2,3)4,19(5,6)7)20(8,9)10/h11-14H,1-10H3. The fraction of sp³-hybridized carbons (Fsp3) is 0.625. The van der Waals surface area contributed by atoms with Crippen LogP contribution in [0.2, 0.25) is 58.9 Å². The third-order valence-electron chi connectivity index (χ3n) is 4.90. The molecule has 0 aliphatic carbocycles. The van der Waals surface area contributed by atoms with Gasteiger partial charge < -0.3 is 4.74 Å². The summed E-state index contributed by atoms with van der Waals surface area (Å²) in [7, 11) is -2.00. The zero-order valence-corrected chi connectivity index (χ0v) is 19.7. The summed E-state index contributed by atoms with van der Waals surface area (Å²) in [5.41, 5.74) is 0. The van der Waals surface area contributed by atoms with Crippen molar-refractivity contribution in [3.05, 3.63) is 24.3 Å². The molecular formula is C16H34OSi4. The predicted octanol–water partition coefficient (Wildman–Crippen LogP) is 4.60. The molecule has 1 aromatic rings. The first kappa shape index (κ1) is 18.9. The van der Waals surface area contributed by atoms with Crippen LogP contribution >= 0.6 is 0 Å². The SMILES string of the molecule is COc1ccc([Si]([Si](C)(C)C)([Si](C)(C)C)[Si](C)(C)C)cc1. The Balaban J connectivity index is 3.72. The predicted molar refractivity (Wildman–Crippen MR) is 108 cm³/mol. The highest BCUT2D eigenvalue weighted by Crippen LogP contribution is 2.36. The van der Waals surface area contributed by atoms with Gasteiger partial charge in [0.2, 0.25) is 0 Å². The molecule has 0 radical (unpaired) electrons. The highest BCUT2D eigenvalue weighted by molar-refractivity contribution is 7.92. The van der Waals surface area contributed by atoms with E-state index in [0.717, 1.165) is 5.75 Å². The van der Waals surface area contributed by atoms with Gasteiger partial charge in [-0.3, -0.25) is 0 Å². The number of hydrogen-bond donors (Lipinski definition) is 0. The van der Waals surface area contributed by atoms with Crippen LogP contribution in [0.15, 0.2) is 24.3 Å². The number of methoxy groups -OCH3 is 1. The molecule has 0 saturated heterocycles. The maximum absolute atomic E-state index is 5.39. The molecule has 0 aliphatic rings. The van der Waals surface area contributed by atoms with Crippen LogP contribution in [0.25, 0.3) is 0 Å². The van der Waals surface area contributed by atoms with Gasteiger partial charge in [0, 0.05) is 22.8 Å². The Labute approximate surface area is 135 Å². The van der Waals surface area contributed by atoms with Gasteiger partial charge in [0.15, 0.2) is 0 Å². The van der Waals surface area contributed by atoms with Crippen LogP contribution in [0.5, 0.6) is 5.75 Å². The van der Waals surface area contributed by atoms with E-state index in [1.165, 1.54) is 0 Å². The van der Waals surface area contributed by atoms with Crippen LogP contribution in [-0.2, 0) is 0 Å². The van der Waals surface area contributed by atoms with Crippen molar-refractivity contribution in [3.63, 3.8) is 0 Å². The van der Waals surface area contributed by atoms with Crippen LogP contribution in [0.4, 0.5) is 0 Å². The van der Waals surface area contributed by atoms with Crippen molar-refractivity contribution in [2.24, 2.45) is 0 Å². The van der Waals surface area contributed by atoms with E-state index in [4.69, 9.17) is 4.74 Å². The topological polar surface area (TPSA) is 9.23 Å². The lowest BCUT2D eigenvalue weighted by Crippen LogP contribution is -2.88. The Bertz CT molecular complexity index is 439. The summed E-state index contributed by atoms with van der Waals surface area (Å²) in [4.78, 5) is 0. The maximum atomic E-state index is 5.39. The van der Waals surface area contributed by atoms with Crippen LogP contribution in [0, 0.1) is 0 Å². The summed E-state index contributed by atoms with van der Waals surface area (Å²) in [5.74, 6) is 0.989. The van der Waals surface area contributed by atoms with Gasteiger partial charge in [-0.25, -0.2) is 0 Å².